The highest BCUT2D eigenvalue weighted by atomic mass is 16.5. The molecule has 0 aliphatic carbocycles. The Hall–Kier alpha value is -4.48. The van der Waals surface area contributed by atoms with Crippen molar-refractivity contribution in [3.63, 3.8) is 0 Å². The van der Waals surface area contributed by atoms with Crippen molar-refractivity contribution in [2.75, 3.05) is 9.80 Å². The lowest BCUT2D eigenvalue weighted by molar-refractivity contribution is 0.450. The summed E-state index contributed by atoms with van der Waals surface area (Å²) < 4.78 is 5.69. The summed E-state index contributed by atoms with van der Waals surface area (Å²) in [6, 6.07) is 37.2. The molecule has 5 aromatic rings. The molecule has 0 atom stereocenters. The minimum absolute atomic E-state index is 0. The van der Waals surface area contributed by atoms with Crippen molar-refractivity contribution in [2.24, 2.45) is 0 Å². The van der Waals surface area contributed by atoms with Gasteiger partial charge in [0.05, 0.1) is 17.1 Å². The maximum absolute atomic E-state index is 9.68. The Morgan fingerprint density at radius 1 is 0.533 bits per heavy atom. The summed E-state index contributed by atoms with van der Waals surface area (Å²) in [5.74, 6) is 0.648. The molecule has 4 nitrogen and oxygen atoms in total. The lowest BCUT2D eigenvalue weighted by Gasteiger charge is -2.55. The highest BCUT2D eigenvalue weighted by molar-refractivity contribution is 6.17. The molecule has 0 bridgehead atoms. The molecule has 0 unspecified atom stereocenters. The molecule has 0 amide bonds. The van der Waals surface area contributed by atoms with Crippen LogP contribution < -0.4 is 14.5 Å². The van der Waals surface area contributed by atoms with E-state index in [0.29, 0.717) is 5.75 Å². The third-order valence-corrected chi connectivity index (χ3v) is 10.4. The Morgan fingerprint density at radius 3 is 1.38 bits per heavy atom. The van der Waals surface area contributed by atoms with Crippen LogP contribution in [0.1, 0.15) is 82.3 Å². The Balaban J connectivity index is 0.00000325. The van der Waals surface area contributed by atoms with Crippen LogP contribution in [0.3, 0.4) is 0 Å². The van der Waals surface area contributed by atoms with Gasteiger partial charge in [-0.1, -0.05) is 104 Å². The smallest absolute Gasteiger partial charge is 0.537 e. The molecular weight excluding hydrogens is 551 g/mol. The average molecular weight is 592 g/mol. The van der Waals surface area contributed by atoms with Crippen LogP contribution in [0.15, 0.2) is 103 Å². The van der Waals surface area contributed by atoms with Gasteiger partial charge < -0.3 is 19.5 Å². The van der Waals surface area contributed by atoms with Crippen molar-refractivity contribution < 1.29 is 9.68 Å². The van der Waals surface area contributed by atoms with E-state index >= 15 is 0 Å². The lowest BCUT2D eigenvalue weighted by atomic mass is 9.60. The Kier molecular flexibility index (Phi) is 6.34. The summed E-state index contributed by atoms with van der Waals surface area (Å²) in [4.78, 5) is 4.92. The minimum Gasteiger partial charge on any atom is -0.537 e. The molecular formula is C40H40BN2O2. The maximum Gasteiger partial charge on any atom is 0.569 e. The molecule has 225 valence electrons. The fourth-order valence-corrected chi connectivity index (χ4v) is 8.04. The first-order valence-corrected chi connectivity index (χ1v) is 15.4. The predicted molar refractivity (Wildman–Crippen MR) is 188 cm³/mol. The summed E-state index contributed by atoms with van der Waals surface area (Å²) in [5, 5.41) is 9.68. The molecule has 0 fully saturated rings. The van der Waals surface area contributed by atoms with Gasteiger partial charge in [0.1, 0.15) is 5.75 Å². The molecule has 3 aliphatic heterocycles. The van der Waals surface area contributed by atoms with E-state index in [-0.39, 0.29) is 23.7 Å². The normalized spacial score (nSPS) is 16.6. The Bertz CT molecular complexity index is 1930. The molecule has 0 spiro atoms. The number of rotatable bonds is 5. The molecule has 8 rings (SSSR count). The topological polar surface area (TPSA) is 35.9 Å². The summed E-state index contributed by atoms with van der Waals surface area (Å²) in [6.45, 7) is 14.1. The summed E-state index contributed by atoms with van der Waals surface area (Å²) in [6.07, 6.45) is 0. The predicted octanol–water partition coefficient (Wildman–Crippen LogP) is 10.1. The van der Waals surface area contributed by atoms with Gasteiger partial charge in [-0.2, -0.15) is 0 Å². The highest BCUT2D eigenvalue weighted by Crippen LogP contribution is 2.67. The maximum atomic E-state index is 9.68. The molecule has 3 heterocycles. The van der Waals surface area contributed by atoms with E-state index < -0.39 is 0 Å². The van der Waals surface area contributed by atoms with Crippen molar-refractivity contribution >= 4 is 41.8 Å². The van der Waals surface area contributed by atoms with Crippen molar-refractivity contribution in [1.29, 1.82) is 0 Å². The zero-order valence-corrected chi connectivity index (χ0v) is 26.1. The van der Waals surface area contributed by atoms with Gasteiger partial charge in [-0.25, -0.2) is 0 Å². The zero-order chi connectivity index (χ0) is 30.6. The summed E-state index contributed by atoms with van der Waals surface area (Å²) in [7, 11) is 0.789. The largest absolute Gasteiger partial charge is 0.569 e. The fourth-order valence-electron chi connectivity index (χ4n) is 8.04. The van der Waals surface area contributed by atoms with Gasteiger partial charge in [0.15, 0.2) is 0 Å². The molecule has 1 N–H and O–H groups in total. The second-order valence-electron chi connectivity index (χ2n) is 13.9. The molecule has 3 aliphatic rings. The number of hydrogen-bond donors (Lipinski definition) is 1. The number of anilines is 6. The zero-order valence-electron chi connectivity index (χ0n) is 26.1. The van der Waals surface area contributed by atoms with E-state index in [1.165, 1.54) is 50.4 Å². The number of para-hydroxylation sites is 3. The summed E-state index contributed by atoms with van der Waals surface area (Å²) in [5.41, 5.74) is 14.0. The van der Waals surface area contributed by atoms with Gasteiger partial charge in [-0.15, -0.1) is 0 Å². The van der Waals surface area contributed by atoms with Crippen LogP contribution in [0.5, 0.6) is 5.75 Å². The Labute approximate surface area is 268 Å². The van der Waals surface area contributed by atoms with Crippen LogP contribution in [-0.4, -0.2) is 12.7 Å². The van der Waals surface area contributed by atoms with Crippen LogP contribution in [0.4, 0.5) is 34.1 Å². The number of hydrogen-bond acceptors (Lipinski definition) is 4. The van der Waals surface area contributed by atoms with E-state index in [2.05, 4.69) is 154 Å². The molecule has 5 heteroatoms. The third kappa shape index (κ3) is 3.83. The minimum atomic E-state index is -0.357. The van der Waals surface area contributed by atoms with E-state index in [1.54, 1.807) is 0 Å². The molecule has 1 radical (unpaired) electrons. The van der Waals surface area contributed by atoms with Crippen LogP contribution in [0.2, 0.25) is 0 Å². The van der Waals surface area contributed by atoms with E-state index in [0.717, 1.165) is 24.7 Å². The van der Waals surface area contributed by atoms with Crippen LogP contribution in [-0.2, 0) is 16.2 Å². The molecule has 45 heavy (non-hydrogen) atoms. The second-order valence-corrected chi connectivity index (χ2v) is 13.9. The van der Waals surface area contributed by atoms with Gasteiger partial charge in [-0.05, 0) is 81.9 Å². The van der Waals surface area contributed by atoms with Gasteiger partial charge >= 0.3 is 7.69 Å². The first-order valence-electron chi connectivity index (χ1n) is 15.4. The third-order valence-electron chi connectivity index (χ3n) is 10.4. The Morgan fingerprint density at radius 2 is 0.933 bits per heavy atom. The van der Waals surface area contributed by atoms with Gasteiger partial charge in [0.2, 0.25) is 0 Å². The standard InChI is InChI=1S/C39H36BN2O2.CH4/c1-37(2)28-18-13-19-29-34(28)42-35-30(37)20-26(41(24-14-9-7-10-15-24)25-16-11-8-12-17-25)21-31(35)39(5,6)33-23-27(44-40-43)22-32(36(33)42)38(29,3)4;/h7-23,43H,1-6H3;1H4. The number of nitrogens with zero attached hydrogens (tertiary/aromatic N) is 2. The number of benzene rings is 5. The van der Waals surface area contributed by atoms with Crippen molar-refractivity contribution in [3.05, 3.63) is 137 Å². The van der Waals surface area contributed by atoms with Crippen LogP contribution in [0.25, 0.3) is 0 Å². The molecule has 0 saturated heterocycles. The quantitative estimate of drug-likeness (QED) is 0.206. The summed E-state index contributed by atoms with van der Waals surface area (Å²) >= 11 is 0. The van der Waals surface area contributed by atoms with E-state index in [9.17, 15) is 5.02 Å². The molecule has 0 saturated carbocycles. The van der Waals surface area contributed by atoms with Gasteiger partial charge in [-0.3, -0.25) is 0 Å². The monoisotopic (exact) mass is 591 g/mol. The SMILES string of the molecule is C.CC1(C)c2cccc3c2N2c4c1cc(O[B]O)cc4C(C)(C)c1cc(N(c4ccccc4)c4ccccc4)cc(c12)C3(C)C. The molecule has 0 aromatic heterocycles. The first-order chi connectivity index (χ1) is 21.1. The molecule has 5 aromatic carbocycles. The van der Waals surface area contributed by atoms with E-state index in [1.807, 2.05) is 0 Å². The van der Waals surface area contributed by atoms with Crippen molar-refractivity contribution in [2.45, 2.75) is 65.2 Å². The van der Waals surface area contributed by atoms with Crippen molar-refractivity contribution in [1.82, 2.24) is 0 Å². The van der Waals surface area contributed by atoms with Crippen LogP contribution in [0, 0.1) is 0 Å². The fraction of sp³-hybridized carbons (Fsp3) is 0.250. The van der Waals surface area contributed by atoms with Gasteiger partial charge in [0.25, 0.3) is 0 Å². The average Bonchev–Trinajstić information content (AvgIpc) is 3.01. The van der Waals surface area contributed by atoms with E-state index in [4.69, 9.17) is 4.65 Å². The van der Waals surface area contributed by atoms with Gasteiger partial charge in [0, 0.05) is 33.3 Å². The second kappa shape index (κ2) is 9.76. The lowest BCUT2D eigenvalue weighted by Crippen LogP contribution is -2.43. The highest BCUT2D eigenvalue weighted by Gasteiger charge is 2.52. The van der Waals surface area contributed by atoms with Crippen LogP contribution >= 0.6 is 0 Å². The van der Waals surface area contributed by atoms with Crippen molar-refractivity contribution in [3.8, 4) is 5.75 Å². The first kappa shape index (κ1) is 29.2.